The molecule has 3 N–H and O–H groups in total. The van der Waals surface area contributed by atoms with Gasteiger partial charge in [-0.15, -0.1) is 0 Å². The van der Waals surface area contributed by atoms with E-state index < -0.39 is 0 Å². The number of anilines is 3. The molecule has 0 fully saturated rings. The second-order valence-corrected chi connectivity index (χ2v) is 6.38. The van der Waals surface area contributed by atoms with E-state index in [4.69, 9.17) is 27.6 Å². The third-order valence-corrected chi connectivity index (χ3v) is 4.07. The number of benzene rings is 2. The van der Waals surface area contributed by atoms with Crippen molar-refractivity contribution < 1.29 is 14.0 Å². The smallest absolute Gasteiger partial charge is 0.291 e. The van der Waals surface area contributed by atoms with Gasteiger partial charge in [0.1, 0.15) is 0 Å². The zero-order chi connectivity index (χ0) is 19.2. The molecule has 27 heavy (non-hydrogen) atoms. The van der Waals surface area contributed by atoms with Crippen molar-refractivity contribution in [3.8, 4) is 0 Å². The summed E-state index contributed by atoms with van der Waals surface area (Å²) in [7, 11) is 0. The van der Waals surface area contributed by atoms with Crippen LogP contribution >= 0.6 is 23.2 Å². The lowest BCUT2D eigenvalue weighted by Gasteiger charge is -2.10. The number of hydrogen-bond donors (Lipinski definition) is 3. The largest absolute Gasteiger partial charge is 0.459 e. The van der Waals surface area contributed by atoms with Gasteiger partial charge in [-0.25, -0.2) is 0 Å². The highest BCUT2D eigenvalue weighted by Crippen LogP contribution is 2.25. The van der Waals surface area contributed by atoms with E-state index in [2.05, 4.69) is 16.0 Å². The minimum atomic E-state index is -0.354. The molecule has 0 unspecified atom stereocenters. The minimum absolute atomic E-state index is 0.0224. The summed E-state index contributed by atoms with van der Waals surface area (Å²) in [5.74, 6) is -0.413. The Morgan fingerprint density at radius 3 is 2.48 bits per heavy atom. The summed E-state index contributed by atoms with van der Waals surface area (Å²) >= 11 is 11.9. The van der Waals surface area contributed by atoms with Crippen molar-refractivity contribution in [3.05, 3.63) is 76.7 Å². The van der Waals surface area contributed by atoms with Gasteiger partial charge in [0, 0.05) is 16.4 Å². The van der Waals surface area contributed by atoms with Crippen molar-refractivity contribution in [2.75, 3.05) is 22.5 Å². The number of carbonyl (C=O) groups excluding carboxylic acids is 2. The standard InChI is InChI=1S/C19H15Cl2N3O3/c20-12-6-7-16(15(21)9-12)24-18(25)11-22-13-3-1-4-14(10-13)23-19(26)17-5-2-8-27-17/h1-10,22H,11H2,(H,23,26)(H,24,25). The first-order valence-electron chi connectivity index (χ1n) is 7.95. The maximum atomic E-state index is 12.1. The van der Waals surface area contributed by atoms with Crippen LogP contribution in [0.2, 0.25) is 10.0 Å². The maximum Gasteiger partial charge on any atom is 0.291 e. The van der Waals surface area contributed by atoms with Crippen molar-refractivity contribution in [2.24, 2.45) is 0 Å². The number of amides is 2. The van der Waals surface area contributed by atoms with Gasteiger partial charge in [0.25, 0.3) is 5.91 Å². The van der Waals surface area contributed by atoms with Crippen molar-refractivity contribution in [2.45, 2.75) is 0 Å². The minimum Gasteiger partial charge on any atom is -0.459 e. The molecule has 0 saturated heterocycles. The van der Waals surface area contributed by atoms with Gasteiger partial charge in [-0.05, 0) is 48.5 Å². The Hall–Kier alpha value is -2.96. The van der Waals surface area contributed by atoms with E-state index in [0.717, 1.165) is 0 Å². The second kappa shape index (κ2) is 8.62. The molecule has 1 aromatic heterocycles. The zero-order valence-corrected chi connectivity index (χ0v) is 15.5. The number of hydrogen-bond acceptors (Lipinski definition) is 4. The van der Waals surface area contributed by atoms with Gasteiger partial charge in [-0.2, -0.15) is 0 Å². The van der Waals surface area contributed by atoms with Crippen molar-refractivity contribution in [3.63, 3.8) is 0 Å². The highest BCUT2D eigenvalue weighted by molar-refractivity contribution is 6.36. The second-order valence-electron chi connectivity index (χ2n) is 5.54. The molecule has 0 spiro atoms. The van der Waals surface area contributed by atoms with E-state index in [1.54, 1.807) is 54.6 Å². The lowest BCUT2D eigenvalue weighted by atomic mass is 10.2. The Morgan fingerprint density at radius 1 is 0.926 bits per heavy atom. The molecule has 8 heteroatoms. The monoisotopic (exact) mass is 403 g/mol. The average Bonchev–Trinajstić information content (AvgIpc) is 3.18. The Balaban J connectivity index is 1.56. The number of carbonyl (C=O) groups is 2. The molecule has 1 heterocycles. The Morgan fingerprint density at radius 2 is 1.74 bits per heavy atom. The average molecular weight is 404 g/mol. The molecule has 3 aromatic rings. The van der Waals surface area contributed by atoms with Gasteiger partial charge in [-0.1, -0.05) is 29.3 Å². The lowest BCUT2D eigenvalue weighted by molar-refractivity contribution is -0.114. The number of nitrogens with one attached hydrogen (secondary N) is 3. The summed E-state index contributed by atoms with van der Waals surface area (Å²) in [6.45, 7) is 0.0224. The van der Waals surface area contributed by atoms with Crippen LogP contribution in [0.15, 0.2) is 65.3 Å². The molecule has 0 radical (unpaired) electrons. The van der Waals surface area contributed by atoms with Gasteiger partial charge < -0.3 is 20.4 Å². The molecule has 2 aromatic carbocycles. The Bertz CT molecular complexity index is 959. The molecule has 0 atom stereocenters. The van der Waals surface area contributed by atoms with Crippen LogP contribution in [0.5, 0.6) is 0 Å². The summed E-state index contributed by atoms with van der Waals surface area (Å²) in [6.07, 6.45) is 1.43. The molecule has 0 aliphatic heterocycles. The Kier molecular flexibility index (Phi) is 6.01. The predicted molar refractivity (Wildman–Crippen MR) is 107 cm³/mol. The van der Waals surface area contributed by atoms with E-state index in [1.165, 1.54) is 6.26 Å². The van der Waals surface area contributed by atoms with E-state index in [0.29, 0.717) is 27.1 Å². The third kappa shape index (κ3) is 5.26. The molecule has 2 amide bonds. The molecule has 3 rings (SSSR count). The SMILES string of the molecule is O=C(CNc1cccc(NC(=O)c2ccco2)c1)Nc1ccc(Cl)cc1Cl. The highest BCUT2D eigenvalue weighted by atomic mass is 35.5. The van der Waals surface area contributed by atoms with E-state index in [1.807, 2.05) is 0 Å². The summed E-state index contributed by atoms with van der Waals surface area (Å²) in [6, 6.07) is 15.0. The van der Waals surface area contributed by atoms with Crippen LogP contribution in [0.25, 0.3) is 0 Å². The van der Waals surface area contributed by atoms with Gasteiger partial charge in [0.05, 0.1) is 23.5 Å². The van der Waals surface area contributed by atoms with Crippen LogP contribution in [0, 0.1) is 0 Å². The van der Waals surface area contributed by atoms with E-state index in [9.17, 15) is 9.59 Å². The number of furan rings is 1. The molecule has 0 aliphatic rings. The predicted octanol–water partition coefficient (Wildman–Crippen LogP) is 4.89. The molecule has 6 nitrogen and oxygen atoms in total. The first-order chi connectivity index (χ1) is 13.0. The molecular formula is C19H15Cl2N3O3. The summed E-state index contributed by atoms with van der Waals surface area (Å²) in [5.41, 5.74) is 1.72. The fraction of sp³-hybridized carbons (Fsp3) is 0.0526. The molecule has 0 bridgehead atoms. The van der Waals surface area contributed by atoms with Crippen molar-refractivity contribution in [1.29, 1.82) is 0 Å². The molecule has 138 valence electrons. The third-order valence-electron chi connectivity index (χ3n) is 3.52. The maximum absolute atomic E-state index is 12.1. The van der Waals surface area contributed by atoms with Crippen LogP contribution in [0.3, 0.4) is 0 Å². The normalized spacial score (nSPS) is 10.3. The number of halogens is 2. The van der Waals surface area contributed by atoms with Crippen LogP contribution in [0.4, 0.5) is 17.1 Å². The van der Waals surface area contributed by atoms with E-state index in [-0.39, 0.29) is 24.1 Å². The fourth-order valence-corrected chi connectivity index (χ4v) is 2.73. The topological polar surface area (TPSA) is 83.4 Å². The van der Waals surface area contributed by atoms with Crippen molar-refractivity contribution >= 4 is 52.1 Å². The summed E-state index contributed by atoms with van der Waals surface area (Å²) < 4.78 is 5.05. The molecule has 0 aliphatic carbocycles. The van der Waals surface area contributed by atoms with E-state index >= 15 is 0 Å². The van der Waals surface area contributed by atoms with Crippen LogP contribution in [-0.4, -0.2) is 18.4 Å². The Labute approximate surface area is 165 Å². The highest BCUT2D eigenvalue weighted by Gasteiger charge is 2.10. The van der Waals surface area contributed by atoms with Gasteiger partial charge >= 0.3 is 0 Å². The first-order valence-corrected chi connectivity index (χ1v) is 8.70. The summed E-state index contributed by atoms with van der Waals surface area (Å²) in [5, 5.41) is 9.26. The molecular weight excluding hydrogens is 389 g/mol. The van der Waals surface area contributed by atoms with Crippen LogP contribution in [-0.2, 0) is 4.79 Å². The van der Waals surface area contributed by atoms with Crippen LogP contribution < -0.4 is 16.0 Å². The first kappa shape index (κ1) is 18.8. The van der Waals surface area contributed by atoms with Gasteiger partial charge in [0.15, 0.2) is 5.76 Å². The quantitative estimate of drug-likeness (QED) is 0.546. The zero-order valence-electron chi connectivity index (χ0n) is 14.0. The lowest BCUT2D eigenvalue weighted by Crippen LogP contribution is -2.22. The van der Waals surface area contributed by atoms with Crippen LogP contribution in [0.1, 0.15) is 10.6 Å². The number of rotatable bonds is 6. The molecule has 0 saturated carbocycles. The van der Waals surface area contributed by atoms with Crippen molar-refractivity contribution in [1.82, 2.24) is 0 Å². The van der Waals surface area contributed by atoms with Gasteiger partial charge in [0.2, 0.25) is 5.91 Å². The summed E-state index contributed by atoms with van der Waals surface area (Å²) in [4.78, 5) is 24.1. The fourth-order valence-electron chi connectivity index (χ4n) is 2.27. The van der Waals surface area contributed by atoms with Gasteiger partial charge in [-0.3, -0.25) is 9.59 Å².